The van der Waals surface area contributed by atoms with Crippen molar-refractivity contribution in [3.63, 3.8) is 0 Å². The van der Waals surface area contributed by atoms with E-state index in [9.17, 15) is 4.79 Å². The Balaban J connectivity index is 1.63. The minimum atomic E-state index is -0.281. The molecule has 1 aliphatic heterocycles. The first-order chi connectivity index (χ1) is 12.6. The molecule has 0 radical (unpaired) electrons. The first-order valence-corrected chi connectivity index (χ1v) is 8.25. The van der Waals surface area contributed by atoms with Gasteiger partial charge in [-0.1, -0.05) is 11.6 Å². The predicted octanol–water partition coefficient (Wildman–Crippen LogP) is 2.70. The summed E-state index contributed by atoms with van der Waals surface area (Å²) in [6, 6.07) is 6.65. The van der Waals surface area contributed by atoms with Crippen molar-refractivity contribution in [3.05, 3.63) is 41.3 Å². The van der Waals surface area contributed by atoms with Crippen LogP contribution in [0.25, 0.3) is 0 Å². The number of amides is 2. The fourth-order valence-electron chi connectivity index (χ4n) is 2.63. The average molecular weight is 374 g/mol. The summed E-state index contributed by atoms with van der Waals surface area (Å²) < 4.78 is 11.0. The summed E-state index contributed by atoms with van der Waals surface area (Å²) in [5.41, 5.74) is 0.620. The fraction of sp³-hybridized carbons (Fsp3) is 0.294. The van der Waals surface area contributed by atoms with Crippen LogP contribution in [0, 0.1) is 11.3 Å². The number of hydrogen-bond donors (Lipinski definition) is 1. The van der Waals surface area contributed by atoms with Crippen LogP contribution in [0.1, 0.15) is 12.1 Å². The molecule has 9 heteroatoms. The quantitative estimate of drug-likeness (QED) is 0.884. The van der Waals surface area contributed by atoms with E-state index in [0.717, 1.165) is 0 Å². The number of nitrogens with one attached hydrogen (secondary N) is 1. The molecule has 1 aromatic heterocycles. The molecule has 1 aliphatic rings. The first-order valence-electron chi connectivity index (χ1n) is 7.88. The van der Waals surface area contributed by atoms with E-state index < -0.39 is 0 Å². The molecule has 1 fully saturated rings. The number of nitrogens with zero attached hydrogens (tertiary/aromatic N) is 4. The lowest BCUT2D eigenvalue weighted by Crippen LogP contribution is -2.34. The number of methoxy groups -OCH3 is 1. The van der Waals surface area contributed by atoms with Gasteiger partial charge in [0.15, 0.2) is 0 Å². The van der Waals surface area contributed by atoms with Crippen LogP contribution in [0.3, 0.4) is 0 Å². The third kappa shape index (κ3) is 3.95. The van der Waals surface area contributed by atoms with Crippen LogP contribution < -0.4 is 14.8 Å². The fourth-order valence-corrected chi connectivity index (χ4v) is 2.80. The Kier molecular flexibility index (Phi) is 5.39. The van der Waals surface area contributed by atoms with Crippen molar-refractivity contribution >= 4 is 23.3 Å². The SMILES string of the molecule is COc1ccc(Cl)cc1NC(=O)N1CCC(Oc2nccnc2C#N)C1. The molecule has 2 heterocycles. The highest BCUT2D eigenvalue weighted by atomic mass is 35.5. The van der Waals surface area contributed by atoms with Gasteiger partial charge in [0, 0.05) is 30.4 Å². The van der Waals surface area contributed by atoms with Crippen molar-refractivity contribution in [3.8, 4) is 17.7 Å². The van der Waals surface area contributed by atoms with Crippen molar-refractivity contribution < 1.29 is 14.3 Å². The van der Waals surface area contributed by atoms with Crippen LogP contribution in [-0.2, 0) is 0 Å². The van der Waals surface area contributed by atoms with Gasteiger partial charge < -0.3 is 19.7 Å². The molecule has 1 N–H and O–H groups in total. The molecular weight excluding hydrogens is 358 g/mol. The van der Waals surface area contributed by atoms with E-state index >= 15 is 0 Å². The van der Waals surface area contributed by atoms with Crippen LogP contribution in [0.2, 0.25) is 5.02 Å². The van der Waals surface area contributed by atoms with Gasteiger partial charge in [0.05, 0.1) is 19.3 Å². The van der Waals surface area contributed by atoms with Crippen molar-refractivity contribution in [2.45, 2.75) is 12.5 Å². The van der Waals surface area contributed by atoms with Gasteiger partial charge in [-0.25, -0.2) is 14.8 Å². The molecule has 0 saturated carbocycles. The Bertz CT molecular complexity index is 855. The van der Waals surface area contributed by atoms with E-state index in [1.54, 1.807) is 23.1 Å². The van der Waals surface area contributed by atoms with Crippen LogP contribution in [-0.4, -0.2) is 47.2 Å². The number of carbonyl (C=O) groups excluding carboxylic acids is 1. The molecule has 2 aromatic rings. The average Bonchev–Trinajstić information content (AvgIpc) is 3.11. The highest BCUT2D eigenvalue weighted by molar-refractivity contribution is 6.31. The van der Waals surface area contributed by atoms with Crippen molar-refractivity contribution in [2.75, 3.05) is 25.5 Å². The molecule has 8 nitrogen and oxygen atoms in total. The Morgan fingerprint density at radius 3 is 3.00 bits per heavy atom. The number of urea groups is 1. The van der Waals surface area contributed by atoms with E-state index in [-0.39, 0.29) is 23.7 Å². The van der Waals surface area contributed by atoms with Crippen molar-refractivity contribution in [2.24, 2.45) is 0 Å². The van der Waals surface area contributed by atoms with Gasteiger partial charge in [-0.2, -0.15) is 5.26 Å². The largest absolute Gasteiger partial charge is 0.495 e. The normalized spacial score (nSPS) is 16.0. The third-order valence-electron chi connectivity index (χ3n) is 3.88. The smallest absolute Gasteiger partial charge is 0.322 e. The second kappa shape index (κ2) is 7.89. The highest BCUT2D eigenvalue weighted by Gasteiger charge is 2.29. The summed E-state index contributed by atoms with van der Waals surface area (Å²) in [6.45, 7) is 0.887. The predicted molar refractivity (Wildman–Crippen MR) is 94.4 cm³/mol. The van der Waals surface area contributed by atoms with Gasteiger partial charge in [-0.05, 0) is 18.2 Å². The zero-order valence-corrected chi connectivity index (χ0v) is 14.7. The molecule has 3 rings (SSSR count). The minimum Gasteiger partial charge on any atom is -0.495 e. The Morgan fingerprint density at radius 1 is 1.42 bits per heavy atom. The molecule has 0 bridgehead atoms. The lowest BCUT2D eigenvalue weighted by atomic mass is 10.3. The molecule has 1 aromatic carbocycles. The van der Waals surface area contributed by atoms with E-state index in [0.29, 0.717) is 36.0 Å². The minimum absolute atomic E-state index is 0.124. The first kappa shape index (κ1) is 17.8. The van der Waals surface area contributed by atoms with Gasteiger partial charge in [-0.15, -0.1) is 0 Å². The number of likely N-dealkylation sites (tertiary alicyclic amines) is 1. The molecule has 134 valence electrons. The van der Waals surface area contributed by atoms with Crippen molar-refractivity contribution in [1.82, 2.24) is 14.9 Å². The van der Waals surface area contributed by atoms with E-state index in [4.69, 9.17) is 26.3 Å². The second-order valence-electron chi connectivity index (χ2n) is 5.57. The maximum absolute atomic E-state index is 12.5. The van der Waals surface area contributed by atoms with Crippen LogP contribution in [0.5, 0.6) is 11.6 Å². The Morgan fingerprint density at radius 2 is 2.23 bits per heavy atom. The Labute approximate surface area is 155 Å². The number of nitriles is 1. The molecule has 26 heavy (non-hydrogen) atoms. The maximum atomic E-state index is 12.5. The lowest BCUT2D eigenvalue weighted by Gasteiger charge is -2.19. The number of halogens is 1. The summed E-state index contributed by atoms with van der Waals surface area (Å²) >= 11 is 5.98. The summed E-state index contributed by atoms with van der Waals surface area (Å²) in [5.74, 6) is 0.701. The summed E-state index contributed by atoms with van der Waals surface area (Å²) in [4.78, 5) is 22.0. The van der Waals surface area contributed by atoms with Gasteiger partial charge in [0.25, 0.3) is 5.88 Å². The maximum Gasteiger partial charge on any atom is 0.322 e. The van der Waals surface area contributed by atoms with Gasteiger partial charge in [-0.3, -0.25) is 0 Å². The molecule has 0 spiro atoms. The topological polar surface area (TPSA) is 100 Å². The number of hydrogen-bond acceptors (Lipinski definition) is 6. The third-order valence-corrected chi connectivity index (χ3v) is 4.12. The zero-order valence-electron chi connectivity index (χ0n) is 14.0. The van der Waals surface area contributed by atoms with Gasteiger partial charge >= 0.3 is 6.03 Å². The number of rotatable bonds is 4. The van der Waals surface area contributed by atoms with Gasteiger partial charge in [0.2, 0.25) is 5.69 Å². The number of anilines is 1. The standard InChI is InChI=1S/C17H16ClN5O3/c1-25-15-3-2-11(18)8-13(15)22-17(24)23-7-4-12(10-23)26-16-14(9-19)20-5-6-21-16/h2-3,5-6,8,12H,4,7,10H2,1H3,(H,22,24). The molecular formula is C17H16ClN5O3. The molecule has 1 saturated heterocycles. The van der Waals surface area contributed by atoms with Crippen molar-refractivity contribution in [1.29, 1.82) is 5.26 Å². The van der Waals surface area contributed by atoms with Gasteiger partial charge in [0.1, 0.15) is 17.9 Å². The number of aromatic nitrogens is 2. The number of ether oxygens (including phenoxy) is 2. The summed E-state index contributed by atoms with van der Waals surface area (Å²) in [6.07, 6.45) is 3.26. The molecule has 1 atom stereocenters. The van der Waals surface area contributed by atoms with Crippen LogP contribution in [0.15, 0.2) is 30.6 Å². The zero-order chi connectivity index (χ0) is 18.5. The molecule has 1 unspecified atom stereocenters. The number of carbonyl (C=O) groups is 1. The molecule has 0 aliphatic carbocycles. The molecule has 2 amide bonds. The van der Waals surface area contributed by atoms with E-state index in [1.165, 1.54) is 19.5 Å². The summed E-state index contributed by atoms with van der Waals surface area (Å²) in [7, 11) is 1.52. The highest BCUT2D eigenvalue weighted by Crippen LogP contribution is 2.28. The van der Waals surface area contributed by atoms with E-state index in [2.05, 4.69) is 15.3 Å². The monoisotopic (exact) mass is 373 g/mol. The van der Waals surface area contributed by atoms with E-state index in [1.807, 2.05) is 6.07 Å². The second-order valence-corrected chi connectivity index (χ2v) is 6.01. The number of benzene rings is 1. The van der Waals surface area contributed by atoms with Crippen LogP contribution >= 0.6 is 11.6 Å². The van der Waals surface area contributed by atoms with Crippen LogP contribution in [0.4, 0.5) is 10.5 Å². The summed E-state index contributed by atoms with van der Waals surface area (Å²) in [5, 5.41) is 12.3. The Hall–Kier alpha value is -3.05. The lowest BCUT2D eigenvalue weighted by molar-refractivity contribution is 0.189.